The van der Waals surface area contributed by atoms with E-state index in [9.17, 15) is 13.5 Å². The molecule has 114 valence electrons. The lowest BCUT2D eigenvalue weighted by molar-refractivity contribution is 0.179. The van der Waals surface area contributed by atoms with Gasteiger partial charge in [0.05, 0.1) is 12.3 Å². The molecule has 0 amide bonds. The summed E-state index contributed by atoms with van der Waals surface area (Å²) < 4.78 is 28.0. The van der Waals surface area contributed by atoms with Crippen LogP contribution in [0.1, 0.15) is 12.5 Å². The fourth-order valence-electron chi connectivity index (χ4n) is 1.90. The molecule has 1 atom stereocenters. The van der Waals surface area contributed by atoms with E-state index in [2.05, 4.69) is 9.82 Å². The van der Waals surface area contributed by atoms with E-state index in [-0.39, 0.29) is 11.4 Å². The van der Waals surface area contributed by atoms with Crippen LogP contribution in [0.4, 0.5) is 0 Å². The summed E-state index contributed by atoms with van der Waals surface area (Å²) in [5, 5.41) is 13.8. The Kier molecular flexibility index (Phi) is 5.11. The zero-order chi connectivity index (χ0) is 15.3. The molecule has 1 heterocycles. The number of hydrogen-bond acceptors (Lipinski definition) is 4. The fourth-order valence-corrected chi connectivity index (χ4v) is 2.93. The summed E-state index contributed by atoms with van der Waals surface area (Å²) in [4.78, 5) is 0.108. The monoisotopic (exact) mass is 309 g/mol. The Hall–Kier alpha value is -1.70. The maximum absolute atomic E-state index is 12.0. The molecule has 21 heavy (non-hydrogen) atoms. The number of benzene rings is 1. The number of nitrogens with zero attached hydrogens (tertiary/aromatic N) is 2. The smallest absolute Gasteiger partial charge is 0.243 e. The molecule has 0 aliphatic rings. The fraction of sp³-hybridized carbons (Fsp3) is 0.357. The quantitative estimate of drug-likeness (QED) is 0.792. The van der Waals surface area contributed by atoms with Crippen LogP contribution in [0.2, 0.25) is 0 Å². The minimum absolute atomic E-state index is 0.0332. The number of aliphatic hydroxyl groups excluding tert-OH is 1. The molecule has 2 N–H and O–H groups in total. The number of aromatic nitrogens is 2. The minimum Gasteiger partial charge on any atom is -0.391 e. The first kappa shape index (κ1) is 15.7. The van der Waals surface area contributed by atoms with E-state index >= 15 is 0 Å². The maximum Gasteiger partial charge on any atom is 0.243 e. The predicted molar refractivity (Wildman–Crippen MR) is 79.2 cm³/mol. The van der Waals surface area contributed by atoms with Gasteiger partial charge in [-0.05, 0) is 18.9 Å². The topological polar surface area (TPSA) is 84.2 Å². The normalized spacial score (nSPS) is 13.2. The first-order chi connectivity index (χ1) is 10.0. The van der Waals surface area contributed by atoms with Crippen molar-refractivity contribution in [2.24, 2.45) is 0 Å². The van der Waals surface area contributed by atoms with Gasteiger partial charge in [0.1, 0.15) is 4.90 Å². The van der Waals surface area contributed by atoms with E-state index in [0.717, 1.165) is 5.56 Å². The van der Waals surface area contributed by atoms with Gasteiger partial charge in [-0.15, -0.1) is 0 Å². The molecule has 2 aromatic rings. The highest BCUT2D eigenvalue weighted by atomic mass is 32.2. The summed E-state index contributed by atoms with van der Waals surface area (Å²) in [6.45, 7) is 2.45. The summed E-state index contributed by atoms with van der Waals surface area (Å²) in [5.41, 5.74) is 0.961. The van der Waals surface area contributed by atoms with Crippen molar-refractivity contribution in [1.29, 1.82) is 0 Å². The number of hydrogen-bond donors (Lipinski definition) is 2. The Balaban J connectivity index is 1.92. The highest BCUT2D eigenvalue weighted by molar-refractivity contribution is 7.89. The summed E-state index contributed by atoms with van der Waals surface area (Å²) in [5.74, 6) is 0. The Morgan fingerprint density at radius 3 is 2.67 bits per heavy atom. The predicted octanol–water partition coefficient (Wildman–Crippen LogP) is 0.785. The maximum atomic E-state index is 12.0. The lowest BCUT2D eigenvalue weighted by atomic mass is 10.1. The molecule has 0 aliphatic heterocycles. The van der Waals surface area contributed by atoms with Crippen LogP contribution >= 0.6 is 0 Å². The van der Waals surface area contributed by atoms with Crippen LogP contribution in [-0.2, 0) is 23.0 Å². The molecule has 1 aromatic heterocycles. The molecule has 0 saturated heterocycles. The summed E-state index contributed by atoms with van der Waals surface area (Å²) in [6, 6.07) is 9.44. The second-order valence-electron chi connectivity index (χ2n) is 4.73. The third-order valence-electron chi connectivity index (χ3n) is 3.07. The van der Waals surface area contributed by atoms with Gasteiger partial charge in [-0.25, -0.2) is 13.1 Å². The van der Waals surface area contributed by atoms with E-state index in [0.29, 0.717) is 13.0 Å². The van der Waals surface area contributed by atoms with Crippen molar-refractivity contribution in [2.75, 3.05) is 6.54 Å². The van der Waals surface area contributed by atoms with Crippen LogP contribution in [-0.4, -0.2) is 36.0 Å². The molecular weight excluding hydrogens is 290 g/mol. The SMILES string of the molecule is CCn1cc(S(=O)(=O)NC[C@H](O)Cc2ccccc2)cn1. The minimum atomic E-state index is -3.63. The van der Waals surface area contributed by atoms with Crippen LogP contribution in [0, 0.1) is 0 Å². The summed E-state index contributed by atoms with van der Waals surface area (Å²) >= 11 is 0. The number of nitrogens with one attached hydrogen (secondary N) is 1. The zero-order valence-electron chi connectivity index (χ0n) is 11.8. The highest BCUT2D eigenvalue weighted by Crippen LogP contribution is 2.08. The molecule has 0 aliphatic carbocycles. The van der Waals surface area contributed by atoms with Gasteiger partial charge in [-0.1, -0.05) is 30.3 Å². The van der Waals surface area contributed by atoms with Gasteiger partial charge < -0.3 is 5.11 Å². The molecule has 0 spiro atoms. The van der Waals surface area contributed by atoms with Crippen molar-refractivity contribution in [1.82, 2.24) is 14.5 Å². The number of aryl methyl sites for hydroxylation is 1. The molecule has 1 aromatic carbocycles. The Labute approximate surface area is 124 Å². The largest absolute Gasteiger partial charge is 0.391 e. The van der Waals surface area contributed by atoms with E-state index < -0.39 is 16.1 Å². The van der Waals surface area contributed by atoms with Gasteiger partial charge in [-0.3, -0.25) is 4.68 Å². The molecule has 2 rings (SSSR count). The zero-order valence-corrected chi connectivity index (χ0v) is 12.6. The Morgan fingerprint density at radius 1 is 1.33 bits per heavy atom. The molecule has 0 fully saturated rings. The van der Waals surface area contributed by atoms with Gasteiger partial charge in [0, 0.05) is 19.3 Å². The first-order valence-electron chi connectivity index (χ1n) is 6.75. The summed E-state index contributed by atoms with van der Waals surface area (Å²) in [7, 11) is -3.63. The van der Waals surface area contributed by atoms with Crippen LogP contribution in [0.25, 0.3) is 0 Å². The van der Waals surface area contributed by atoms with Crippen molar-refractivity contribution in [3.63, 3.8) is 0 Å². The highest BCUT2D eigenvalue weighted by Gasteiger charge is 2.17. The molecule has 0 saturated carbocycles. The van der Waals surface area contributed by atoms with Crippen LogP contribution in [0.5, 0.6) is 0 Å². The van der Waals surface area contributed by atoms with Crippen molar-refractivity contribution < 1.29 is 13.5 Å². The number of rotatable bonds is 7. The average Bonchev–Trinajstić information content (AvgIpc) is 2.96. The van der Waals surface area contributed by atoms with Crippen molar-refractivity contribution in [2.45, 2.75) is 30.9 Å². The van der Waals surface area contributed by atoms with Gasteiger partial charge in [0.2, 0.25) is 10.0 Å². The lowest BCUT2D eigenvalue weighted by Crippen LogP contribution is -2.33. The third kappa shape index (κ3) is 4.38. The van der Waals surface area contributed by atoms with Crippen LogP contribution in [0.3, 0.4) is 0 Å². The van der Waals surface area contributed by atoms with Gasteiger partial charge in [-0.2, -0.15) is 5.10 Å². The van der Waals surface area contributed by atoms with E-state index in [1.54, 1.807) is 0 Å². The second-order valence-corrected chi connectivity index (χ2v) is 6.49. The molecule has 0 unspecified atom stereocenters. The second kappa shape index (κ2) is 6.84. The van der Waals surface area contributed by atoms with Gasteiger partial charge >= 0.3 is 0 Å². The molecule has 0 radical (unpaired) electrons. The van der Waals surface area contributed by atoms with Crippen LogP contribution in [0.15, 0.2) is 47.6 Å². The van der Waals surface area contributed by atoms with Crippen LogP contribution < -0.4 is 4.72 Å². The first-order valence-corrected chi connectivity index (χ1v) is 8.23. The van der Waals surface area contributed by atoms with Gasteiger partial charge in [0.25, 0.3) is 0 Å². The third-order valence-corrected chi connectivity index (χ3v) is 4.45. The summed E-state index contributed by atoms with van der Waals surface area (Å²) in [6.07, 6.45) is 2.39. The van der Waals surface area contributed by atoms with Crippen molar-refractivity contribution in [3.05, 3.63) is 48.3 Å². The number of aliphatic hydroxyl groups is 1. The number of sulfonamides is 1. The Bertz CT molecular complexity index is 668. The standard InChI is InChI=1S/C14H19N3O3S/c1-2-17-11-14(10-15-17)21(19,20)16-9-13(18)8-12-6-4-3-5-7-12/h3-7,10-11,13,16,18H,2,8-9H2,1H3/t13-/m1/s1. The van der Waals surface area contributed by atoms with Crippen molar-refractivity contribution >= 4 is 10.0 Å². The molecule has 6 nitrogen and oxygen atoms in total. The van der Waals surface area contributed by atoms with E-state index in [4.69, 9.17) is 0 Å². The molecule has 7 heteroatoms. The average molecular weight is 309 g/mol. The van der Waals surface area contributed by atoms with E-state index in [1.165, 1.54) is 17.1 Å². The molecule has 0 bridgehead atoms. The van der Waals surface area contributed by atoms with Crippen molar-refractivity contribution in [3.8, 4) is 0 Å². The Morgan fingerprint density at radius 2 is 2.05 bits per heavy atom. The van der Waals surface area contributed by atoms with Gasteiger partial charge in [0.15, 0.2) is 0 Å². The lowest BCUT2D eigenvalue weighted by Gasteiger charge is -2.11. The van der Waals surface area contributed by atoms with E-state index in [1.807, 2.05) is 37.3 Å². The molecular formula is C14H19N3O3S.